The largest absolute Gasteiger partial charge is 0.349 e. The summed E-state index contributed by atoms with van der Waals surface area (Å²) in [7, 11) is -3.97. The van der Waals surface area contributed by atoms with Gasteiger partial charge in [-0.15, -0.1) is 0 Å². The summed E-state index contributed by atoms with van der Waals surface area (Å²) in [5.41, 5.74) is 1.66. The van der Waals surface area contributed by atoms with E-state index in [1.165, 1.54) is 12.1 Å². The molecular formula is C22H26N4O5S. The van der Waals surface area contributed by atoms with E-state index in [0.717, 1.165) is 11.1 Å². The second kappa shape index (κ2) is 10.0. The lowest BCUT2D eigenvalue weighted by Crippen LogP contribution is -2.55. The molecule has 0 spiro atoms. The predicted molar refractivity (Wildman–Crippen MR) is 117 cm³/mol. The van der Waals surface area contributed by atoms with Gasteiger partial charge in [0.25, 0.3) is 5.91 Å². The molecule has 2 atom stereocenters. The third-order valence-corrected chi connectivity index (χ3v) is 6.71. The topological polar surface area (TPSA) is 134 Å². The highest BCUT2D eigenvalue weighted by atomic mass is 32.2. The lowest BCUT2D eigenvalue weighted by atomic mass is 9.97. The molecule has 1 aliphatic rings. The Balaban J connectivity index is 1.84. The lowest BCUT2D eigenvalue weighted by Gasteiger charge is -2.25. The summed E-state index contributed by atoms with van der Waals surface area (Å²) in [6.45, 7) is 3.66. The number of Topliss-reactive ketones (excluding diaryl/α,β-unsaturated/α-hetero) is 1. The first kappa shape index (κ1) is 23.6. The van der Waals surface area contributed by atoms with Crippen LogP contribution >= 0.6 is 0 Å². The number of sulfonamides is 1. The van der Waals surface area contributed by atoms with Crippen LogP contribution < -0.4 is 15.4 Å². The number of pyridine rings is 1. The van der Waals surface area contributed by atoms with Gasteiger partial charge in [0.05, 0.1) is 4.90 Å². The highest BCUT2D eigenvalue weighted by molar-refractivity contribution is 7.89. The second-order valence-electron chi connectivity index (χ2n) is 7.94. The number of ketones is 1. The first-order valence-corrected chi connectivity index (χ1v) is 11.8. The summed E-state index contributed by atoms with van der Waals surface area (Å²) in [4.78, 5) is 42.1. The first-order valence-electron chi connectivity index (χ1n) is 10.3. The van der Waals surface area contributed by atoms with E-state index < -0.39 is 45.6 Å². The van der Waals surface area contributed by atoms with E-state index in [4.69, 9.17) is 0 Å². The Bertz CT molecular complexity index is 1100. The van der Waals surface area contributed by atoms with Gasteiger partial charge >= 0.3 is 0 Å². The summed E-state index contributed by atoms with van der Waals surface area (Å²) in [6.07, 6.45) is 3.84. The maximum absolute atomic E-state index is 13.1. The van der Waals surface area contributed by atoms with Crippen LogP contribution in [-0.4, -0.2) is 49.6 Å². The Kier molecular flexibility index (Phi) is 7.37. The summed E-state index contributed by atoms with van der Waals surface area (Å²) in [5.74, 6) is -2.68. The molecule has 3 N–H and O–H groups in total. The normalized spacial score (nSPS) is 18.0. The van der Waals surface area contributed by atoms with Gasteiger partial charge in [-0.2, -0.15) is 4.72 Å². The number of aromatic nitrogens is 1. The van der Waals surface area contributed by atoms with Crippen molar-refractivity contribution < 1.29 is 22.8 Å². The molecule has 2 amide bonds. The van der Waals surface area contributed by atoms with Crippen molar-refractivity contribution in [3.63, 3.8) is 0 Å². The van der Waals surface area contributed by atoms with Crippen LogP contribution in [0.1, 0.15) is 25.0 Å². The smallest absolute Gasteiger partial charge is 0.289 e. The van der Waals surface area contributed by atoms with Crippen LogP contribution in [0.3, 0.4) is 0 Å². The maximum Gasteiger partial charge on any atom is 0.289 e. The second-order valence-corrected chi connectivity index (χ2v) is 9.65. The summed E-state index contributed by atoms with van der Waals surface area (Å²) in [5, 5.41) is 5.15. The van der Waals surface area contributed by atoms with Crippen molar-refractivity contribution >= 4 is 27.6 Å². The van der Waals surface area contributed by atoms with Gasteiger partial charge in [-0.25, -0.2) is 8.42 Å². The number of benzene rings is 1. The van der Waals surface area contributed by atoms with Gasteiger partial charge in [-0.3, -0.25) is 19.4 Å². The molecule has 1 aromatic heterocycles. The molecule has 2 aromatic rings. The molecule has 0 radical (unpaired) electrons. The van der Waals surface area contributed by atoms with Gasteiger partial charge in [-0.1, -0.05) is 32.0 Å². The Morgan fingerprint density at radius 2 is 1.84 bits per heavy atom. The third-order valence-electron chi connectivity index (χ3n) is 5.25. The number of hydrogen-bond acceptors (Lipinski definition) is 6. The molecule has 9 nitrogen and oxygen atoms in total. The van der Waals surface area contributed by atoms with Gasteiger partial charge in [-0.05, 0) is 41.7 Å². The molecule has 0 saturated heterocycles. The van der Waals surface area contributed by atoms with Gasteiger partial charge in [0.15, 0.2) is 0 Å². The molecule has 1 aliphatic heterocycles. The molecule has 0 saturated carbocycles. The van der Waals surface area contributed by atoms with E-state index >= 15 is 0 Å². The Hall–Kier alpha value is -3.11. The molecule has 2 heterocycles. The van der Waals surface area contributed by atoms with Crippen LogP contribution in [0, 0.1) is 5.92 Å². The van der Waals surface area contributed by atoms with Crippen molar-refractivity contribution in [2.75, 3.05) is 6.54 Å². The fraction of sp³-hybridized carbons (Fsp3) is 0.364. The molecule has 0 bridgehead atoms. The van der Waals surface area contributed by atoms with Crippen molar-refractivity contribution in [2.45, 2.75) is 43.7 Å². The van der Waals surface area contributed by atoms with Crippen molar-refractivity contribution in [3.05, 3.63) is 59.9 Å². The molecule has 170 valence electrons. The minimum Gasteiger partial charge on any atom is -0.349 e. The van der Waals surface area contributed by atoms with Crippen LogP contribution in [0.4, 0.5) is 0 Å². The summed E-state index contributed by atoms with van der Waals surface area (Å²) < 4.78 is 27.9. The standard InChI is InChI=1S/C22H26N4O5S/c1-14(2)19(26-32(30,31)17-6-4-3-5-7-17)21(28)25-18-12-16-13-23-10-8-15(16)9-11-24-22(29)20(18)27/h3-8,10,13-14,18-19,26H,9,11-12H2,1-2H3,(H,24,29)(H,25,28). The zero-order valence-corrected chi connectivity index (χ0v) is 18.7. The first-order chi connectivity index (χ1) is 15.2. The van der Waals surface area contributed by atoms with Crippen LogP contribution in [0.15, 0.2) is 53.7 Å². The van der Waals surface area contributed by atoms with Crippen molar-refractivity contribution in [3.8, 4) is 0 Å². The number of rotatable bonds is 6. The maximum atomic E-state index is 13.1. The monoisotopic (exact) mass is 458 g/mol. The fourth-order valence-corrected chi connectivity index (χ4v) is 4.82. The van der Waals surface area contributed by atoms with E-state index in [-0.39, 0.29) is 17.9 Å². The quantitative estimate of drug-likeness (QED) is 0.535. The lowest BCUT2D eigenvalue weighted by molar-refractivity contribution is -0.140. The predicted octanol–water partition coefficient (Wildman–Crippen LogP) is 0.353. The van der Waals surface area contributed by atoms with Gasteiger partial charge in [0.2, 0.25) is 21.7 Å². The van der Waals surface area contributed by atoms with Crippen molar-refractivity contribution in [1.29, 1.82) is 0 Å². The number of nitrogens with zero attached hydrogens (tertiary/aromatic N) is 1. The van der Waals surface area contributed by atoms with Crippen LogP contribution in [0.2, 0.25) is 0 Å². The van der Waals surface area contributed by atoms with Crippen LogP contribution in [-0.2, 0) is 37.2 Å². The Labute approximate surface area is 187 Å². The minimum atomic E-state index is -3.97. The molecule has 2 unspecified atom stereocenters. The number of fused-ring (bicyclic) bond motifs is 1. The third kappa shape index (κ3) is 5.57. The van der Waals surface area contributed by atoms with Crippen LogP contribution in [0.25, 0.3) is 0 Å². The van der Waals surface area contributed by atoms with Crippen molar-refractivity contribution in [1.82, 2.24) is 20.3 Å². The number of hydrogen-bond donors (Lipinski definition) is 3. The molecule has 10 heteroatoms. The zero-order valence-electron chi connectivity index (χ0n) is 17.9. The minimum absolute atomic E-state index is 0.0244. The number of amides is 2. The Morgan fingerprint density at radius 3 is 2.53 bits per heavy atom. The van der Waals surface area contributed by atoms with E-state index in [1.54, 1.807) is 50.5 Å². The molecular weight excluding hydrogens is 432 g/mol. The molecule has 1 aromatic carbocycles. The average molecular weight is 459 g/mol. The summed E-state index contributed by atoms with van der Waals surface area (Å²) in [6, 6.07) is 7.22. The van der Waals surface area contributed by atoms with E-state index in [9.17, 15) is 22.8 Å². The number of nitrogens with one attached hydrogen (secondary N) is 3. The molecule has 0 fully saturated rings. The van der Waals surface area contributed by atoms with E-state index in [0.29, 0.717) is 6.42 Å². The Morgan fingerprint density at radius 1 is 1.12 bits per heavy atom. The number of carbonyl (C=O) groups is 3. The van der Waals surface area contributed by atoms with Gasteiger partial charge in [0.1, 0.15) is 12.1 Å². The highest BCUT2D eigenvalue weighted by Crippen LogP contribution is 2.15. The summed E-state index contributed by atoms with van der Waals surface area (Å²) >= 11 is 0. The highest BCUT2D eigenvalue weighted by Gasteiger charge is 2.34. The van der Waals surface area contributed by atoms with Crippen LogP contribution in [0.5, 0.6) is 0 Å². The number of carbonyl (C=O) groups excluding carboxylic acids is 3. The average Bonchev–Trinajstić information content (AvgIpc) is 2.82. The van der Waals surface area contributed by atoms with E-state index in [2.05, 4.69) is 20.3 Å². The zero-order chi connectivity index (χ0) is 23.3. The van der Waals surface area contributed by atoms with Gasteiger partial charge < -0.3 is 10.6 Å². The molecule has 0 aliphatic carbocycles. The SMILES string of the molecule is CC(C)C(NS(=O)(=O)c1ccccc1)C(=O)NC1Cc2cnccc2CCNC(=O)C1=O. The fourth-order valence-electron chi connectivity index (χ4n) is 3.46. The molecule has 32 heavy (non-hydrogen) atoms. The van der Waals surface area contributed by atoms with Crippen molar-refractivity contribution in [2.24, 2.45) is 5.92 Å². The van der Waals surface area contributed by atoms with E-state index in [1.807, 2.05) is 0 Å². The van der Waals surface area contributed by atoms with Gasteiger partial charge in [0, 0.05) is 25.4 Å². The molecule has 3 rings (SSSR count).